The maximum absolute atomic E-state index is 5.37. The molecule has 5 nitrogen and oxygen atoms in total. The fourth-order valence-electron chi connectivity index (χ4n) is 2.55. The third kappa shape index (κ3) is 3.23. The van der Waals surface area contributed by atoms with Gasteiger partial charge in [0.15, 0.2) is 17.8 Å². The van der Waals surface area contributed by atoms with Crippen LogP contribution in [0.3, 0.4) is 0 Å². The van der Waals surface area contributed by atoms with Gasteiger partial charge in [0.25, 0.3) is 0 Å². The first-order valence-corrected chi connectivity index (χ1v) is 6.73. The highest BCUT2D eigenvalue weighted by Gasteiger charge is 2.21. The Morgan fingerprint density at radius 3 is 2.15 bits per heavy atom. The summed E-state index contributed by atoms with van der Waals surface area (Å²) in [6, 6.07) is 4.14. The molecular formula is C15H23NO4. The minimum atomic E-state index is -0.184. The smallest absolute Gasteiger partial charge is 0.169 e. The summed E-state index contributed by atoms with van der Waals surface area (Å²) in [6.45, 7) is 2.63. The van der Waals surface area contributed by atoms with Gasteiger partial charge in [-0.15, -0.1) is 0 Å². The van der Waals surface area contributed by atoms with Crippen molar-refractivity contribution in [1.29, 1.82) is 0 Å². The van der Waals surface area contributed by atoms with Crippen molar-refractivity contribution in [1.82, 2.24) is 4.90 Å². The number of hydrogen-bond acceptors (Lipinski definition) is 5. The van der Waals surface area contributed by atoms with E-state index in [2.05, 4.69) is 17.0 Å². The SMILES string of the molecule is COc1cc2c(cc1OC)CN(CC(OC)OC)CC2. The molecule has 1 heterocycles. The van der Waals surface area contributed by atoms with Crippen LogP contribution in [-0.2, 0) is 22.4 Å². The summed E-state index contributed by atoms with van der Waals surface area (Å²) in [4.78, 5) is 2.33. The van der Waals surface area contributed by atoms with Crippen LogP contribution in [0.15, 0.2) is 12.1 Å². The summed E-state index contributed by atoms with van der Waals surface area (Å²) in [5, 5.41) is 0. The van der Waals surface area contributed by atoms with Crippen molar-refractivity contribution in [2.75, 3.05) is 41.5 Å². The number of benzene rings is 1. The van der Waals surface area contributed by atoms with Crippen LogP contribution in [0.4, 0.5) is 0 Å². The molecule has 0 bridgehead atoms. The Hall–Kier alpha value is -1.30. The largest absolute Gasteiger partial charge is 0.493 e. The quantitative estimate of drug-likeness (QED) is 0.742. The van der Waals surface area contributed by atoms with E-state index in [0.29, 0.717) is 0 Å². The number of rotatable bonds is 6. The molecule has 20 heavy (non-hydrogen) atoms. The van der Waals surface area contributed by atoms with E-state index in [4.69, 9.17) is 18.9 Å². The first-order valence-electron chi connectivity index (χ1n) is 6.73. The maximum atomic E-state index is 5.37. The van der Waals surface area contributed by atoms with Gasteiger partial charge >= 0.3 is 0 Å². The minimum Gasteiger partial charge on any atom is -0.493 e. The lowest BCUT2D eigenvalue weighted by atomic mass is 9.99. The zero-order valence-corrected chi connectivity index (χ0v) is 12.6. The molecule has 0 aliphatic carbocycles. The fraction of sp³-hybridized carbons (Fsp3) is 0.600. The van der Waals surface area contributed by atoms with Gasteiger partial charge in [0, 0.05) is 33.9 Å². The molecule has 0 fully saturated rings. The first kappa shape index (κ1) is 15.1. The highest BCUT2D eigenvalue weighted by atomic mass is 16.7. The van der Waals surface area contributed by atoms with E-state index in [1.165, 1.54) is 11.1 Å². The summed E-state index contributed by atoms with van der Waals surface area (Å²) in [7, 11) is 6.66. The zero-order valence-electron chi connectivity index (χ0n) is 12.6. The second kappa shape index (κ2) is 6.92. The highest BCUT2D eigenvalue weighted by Crippen LogP contribution is 2.33. The number of hydrogen-bond donors (Lipinski definition) is 0. The standard InChI is InChI=1S/C15H23NO4/c1-17-13-7-11-5-6-16(10-15(19-3)20-4)9-12(11)8-14(13)18-2/h7-8,15H,5-6,9-10H2,1-4H3. The van der Waals surface area contributed by atoms with E-state index in [9.17, 15) is 0 Å². The van der Waals surface area contributed by atoms with E-state index >= 15 is 0 Å². The Labute approximate surface area is 120 Å². The van der Waals surface area contributed by atoms with E-state index in [1.54, 1.807) is 28.4 Å². The van der Waals surface area contributed by atoms with Gasteiger partial charge < -0.3 is 18.9 Å². The van der Waals surface area contributed by atoms with E-state index in [0.717, 1.165) is 37.6 Å². The third-order valence-corrected chi connectivity index (χ3v) is 3.73. The van der Waals surface area contributed by atoms with Crippen LogP contribution in [0.1, 0.15) is 11.1 Å². The Balaban J connectivity index is 2.13. The van der Waals surface area contributed by atoms with Gasteiger partial charge in [-0.25, -0.2) is 0 Å². The maximum Gasteiger partial charge on any atom is 0.169 e. The molecular weight excluding hydrogens is 258 g/mol. The molecule has 1 aromatic rings. The molecule has 112 valence electrons. The summed E-state index contributed by atoms with van der Waals surface area (Å²) >= 11 is 0. The fourth-order valence-corrected chi connectivity index (χ4v) is 2.55. The van der Waals surface area contributed by atoms with E-state index in [1.807, 2.05) is 0 Å². The first-order chi connectivity index (χ1) is 9.71. The number of ether oxygens (including phenoxy) is 4. The molecule has 0 amide bonds. The third-order valence-electron chi connectivity index (χ3n) is 3.73. The van der Waals surface area contributed by atoms with Crippen LogP contribution in [0.25, 0.3) is 0 Å². The Morgan fingerprint density at radius 1 is 1.00 bits per heavy atom. The van der Waals surface area contributed by atoms with Crippen molar-refractivity contribution in [3.63, 3.8) is 0 Å². The normalized spacial score (nSPS) is 15.2. The van der Waals surface area contributed by atoms with Crippen LogP contribution in [0.2, 0.25) is 0 Å². The lowest BCUT2D eigenvalue weighted by Gasteiger charge is -2.31. The van der Waals surface area contributed by atoms with Crippen LogP contribution in [0, 0.1) is 0 Å². The van der Waals surface area contributed by atoms with Crippen molar-refractivity contribution >= 4 is 0 Å². The molecule has 0 spiro atoms. The minimum absolute atomic E-state index is 0.184. The summed E-state index contributed by atoms with van der Waals surface area (Å²) in [6.07, 6.45) is 0.812. The van der Waals surface area contributed by atoms with Gasteiger partial charge in [-0.3, -0.25) is 4.90 Å². The molecule has 0 N–H and O–H groups in total. The molecule has 0 saturated carbocycles. The summed E-state index contributed by atoms with van der Waals surface area (Å²) < 4.78 is 21.2. The number of methoxy groups -OCH3 is 4. The molecule has 1 aromatic carbocycles. The van der Waals surface area contributed by atoms with Crippen molar-refractivity contribution in [2.45, 2.75) is 19.3 Å². The molecule has 5 heteroatoms. The lowest BCUT2D eigenvalue weighted by molar-refractivity contribution is -0.117. The van der Waals surface area contributed by atoms with Crippen LogP contribution in [-0.4, -0.2) is 52.7 Å². The summed E-state index contributed by atoms with van der Waals surface area (Å²) in [5.74, 6) is 1.58. The van der Waals surface area contributed by atoms with Gasteiger partial charge in [0.1, 0.15) is 0 Å². The Bertz CT molecular complexity index is 446. The van der Waals surface area contributed by atoms with E-state index < -0.39 is 0 Å². The van der Waals surface area contributed by atoms with Gasteiger partial charge in [0.2, 0.25) is 0 Å². The summed E-state index contributed by atoms with van der Waals surface area (Å²) in [5.41, 5.74) is 2.60. The number of fused-ring (bicyclic) bond motifs is 1. The predicted octanol–water partition coefficient (Wildman–Crippen LogP) is 1.68. The number of nitrogens with zero attached hydrogens (tertiary/aromatic N) is 1. The van der Waals surface area contributed by atoms with Crippen molar-refractivity contribution < 1.29 is 18.9 Å². The molecule has 0 radical (unpaired) electrons. The van der Waals surface area contributed by atoms with Crippen molar-refractivity contribution in [3.05, 3.63) is 23.3 Å². The second-order valence-electron chi connectivity index (χ2n) is 4.86. The van der Waals surface area contributed by atoms with Crippen molar-refractivity contribution in [2.24, 2.45) is 0 Å². The molecule has 1 aliphatic rings. The molecule has 2 rings (SSSR count). The van der Waals surface area contributed by atoms with Gasteiger partial charge in [0.05, 0.1) is 14.2 Å². The van der Waals surface area contributed by atoms with Crippen LogP contribution < -0.4 is 9.47 Å². The van der Waals surface area contributed by atoms with Crippen molar-refractivity contribution in [3.8, 4) is 11.5 Å². The van der Waals surface area contributed by atoms with Crippen LogP contribution in [0.5, 0.6) is 11.5 Å². The topological polar surface area (TPSA) is 40.2 Å². The molecule has 0 unspecified atom stereocenters. The molecule has 1 aliphatic heterocycles. The lowest BCUT2D eigenvalue weighted by Crippen LogP contribution is -2.38. The average molecular weight is 281 g/mol. The Morgan fingerprint density at radius 2 is 1.60 bits per heavy atom. The zero-order chi connectivity index (χ0) is 14.5. The van der Waals surface area contributed by atoms with Gasteiger partial charge in [-0.05, 0) is 29.7 Å². The molecule has 0 atom stereocenters. The molecule has 0 saturated heterocycles. The van der Waals surface area contributed by atoms with Gasteiger partial charge in [-0.1, -0.05) is 0 Å². The predicted molar refractivity (Wildman–Crippen MR) is 76.3 cm³/mol. The van der Waals surface area contributed by atoms with Gasteiger partial charge in [-0.2, -0.15) is 0 Å². The second-order valence-corrected chi connectivity index (χ2v) is 4.86. The highest BCUT2D eigenvalue weighted by molar-refractivity contribution is 5.48. The average Bonchev–Trinajstić information content (AvgIpc) is 2.50. The monoisotopic (exact) mass is 281 g/mol. The van der Waals surface area contributed by atoms with Crippen LogP contribution >= 0.6 is 0 Å². The molecule has 0 aromatic heterocycles. The van der Waals surface area contributed by atoms with E-state index in [-0.39, 0.29) is 6.29 Å². The Kier molecular flexibility index (Phi) is 5.23.